The number of thioether (sulfide) groups is 1. The fourth-order valence-electron chi connectivity index (χ4n) is 2.45. The smallest absolute Gasteiger partial charge is 0.264 e. The Morgan fingerprint density at radius 2 is 1.67 bits per heavy atom. The van der Waals surface area contributed by atoms with Crippen LogP contribution in [-0.2, 0) is 4.79 Å². The molecule has 1 N–H and O–H groups in total. The molecule has 140 valence electrons. The number of nitrogens with zero attached hydrogens (tertiary/aromatic N) is 1. The van der Waals surface area contributed by atoms with Crippen molar-refractivity contribution in [3.05, 3.63) is 52.7 Å². The summed E-state index contributed by atoms with van der Waals surface area (Å²) < 4.78 is 28.9. The zero-order valence-corrected chi connectivity index (χ0v) is 15.7. The van der Waals surface area contributed by atoms with Gasteiger partial charge in [-0.2, -0.15) is 0 Å². The molecule has 1 aliphatic rings. The standard InChI is InChI=1S/C19H17FN2O4S/c1-24-14-8-11(9-15(25-2)17(14)26-3)10-16-18(23)22-19(27-16)21-13-6-4-12(20)5-7-13/h4-10H,1-3H3,(H,21,22,23). The monoisotopic (exact) mass is 388 g/mol. The second kappa shape index (κ2) is 8.13. The molecule has 2 aromatic rings. The van der Waals surface area contributed by atoms with Gasteiger partial charge in [-0.25, -0.2) is 9.38 Å². The highest BCUT2D eigenvalue weighted by Crippen LogP contribution is 2.39. The van der Waals surface area contributed by atoms with Crippen molar-refractivity contribution < 1.29 is 23.4 Å². The van der Waals surface area contributed by atoms with Gasteiger partial charge in [0, 0.05) is 0 Å². The number of hydrogen-bond donors (Lipinski definition) is 1. The summed E-state index contributed by atoms with van der Waals surface area (Å²) in [6.45, 7) is 0. The van der Waals surface area contributed by atoms with E-state index in [4.69, 9.17) is 14.2 Å². The molecule has 0 radical (unpaired) electrons. The average Bonchev–Trinajstić information content (AvgIpc) is 3.01. The molecule has 0 bridgehead atoms. The van der Waals surface area contributed by atoms with Crippen LogP contribution in [0.2, 0.25) is 0 Å². The number of amidine groups is 1. The molecule has 3 rings (SSSR count). The third-order valence-electron chi connectivity index (χ3n) is 3.69. The normalized spacial score (nSPS) is 16.5. The molecule has 6 nitrogen and oxygen atoms in total. The number of hydrogen-bond acceptors (Lipinski definition) is 6. The number of halogens is 1. The highest BCUT2D eigenvalue weighted by molar-refractivity contribution is 8.18. The average molecular weight is 388 g/mol. The van der Waals surface area contributed by atoms with Crippen molar-refractivity contribution in [2.24, 2.45) is 4.99 Å². The molecule has 1 aliphatic heterocycles. The molecule has 0 aromatic heterocycles. The molecule has 2 aromatic carbocycles. The van der Waals surface area contributed by atoms with Crippen molar-refractivity contribution in [3.8, 4) is 17.2 Å². The Bertz CT molecular complexity index is 901. The first-order valence-corrected chi connectivity index (χ1v) is 8.71. The number of methoxy groups -OCH3 is 3. The number of amides is 1. The van der Waals surface area contributed by atoms with E-state index in [-0.39, 0.29) is 11.7 Å². The van der Waals surface area contributed by atoms with Crippen LogP contribution < -0.4 is 19.5 Å². The van der Waals surface area contributed by atoms with Crippen LogP contribution in [0.3, 0.4) is 0 Å². The third kappa shape index (κ3) is 4.22. The highest BCUT2D eigenvalue weighted by atomic mass is 32.2. The maximum absolute atomic E-state index is 13.0. The summed E-state index contributed by atoms with van der Waals surface area (Å²) in [4.78, 5) is 17.0. The molecule has 0 spiro atoms. The second-order valence-electron chi connectivity index (χ2n) is 5.42. The topological polar surface area (TPSA) is 69.2 Å². The zero-order chi connectivity index (χ0) is 19.4. The maximum Gasteiger partial charge on any atom is 0.264 e. The first-order valence-electron chi connectivity index (χ1n) is 7.89. The Morgan fingerprint density at radius 1 is 1.04 bits per heavy atom. The van der Waals surface area contributed by atoms with Gasteiger partial charge < -0.3 is 19.5 Å². The summed E-state index contributed by atoms with van der Waals surface area (Å²) >= 11 is 1.19. The van der Waals surface area contributed by atoms with Gasteiger partial charge in [-0.3, -0.25) is 4.79 Å². The Hall–Kier alpha value is -3.00. The van der Waals surface area contributed by atoms with Gasteiger partial charge in [0.1, 0.15) is 5.82 Å². The van der Waals surface area contributed by atoms with Crippen LogP contribution in [0.1, 0.15) is 5.56 Å². The van der Waals surface area contributed by atoms with Crippen LogP contribution in [0.15, 0.2) is 46.3 Å². The summed E-state index contributed by atoms with van der Waals surface area (Å²) in [6, 6.07) is 9.20. The van der Waals surface area contributed by atoms with E-state index < -0.39 is 0 Å². The van der Waals surface area contributed by atoms with E-state index in [1.165, 1.54) is 57.4 Å². The number of carbonyl (C=O) groups is 1. The number of ether oxygens (including phenoxy) is 3. The van der Waals surface area contributed by atoms with Gasteiger partial charge in [-0.05, 0) is 59.8 Å². The van der Waals surface area contributed by atoms with E-state index in [0.29, 0.717) is 38.6 Å². The van der Waals surface area contributed by atoms with Crippen molar-refractivity contribution in [1.82, 2.24) is 5.32 Å². The summed E-state index contributed by atoms with van der Waals surface area (Å²) in [5, 5.41) is 3.11. The summed E-state index contributed by atoms with van der Waals surface area (Å²) in [6.07, 6.45) is 1.71. The number of aliphatic imine (C=N–C) groups is 1. The van der Waals surface area contributed by atoms with Crippen LogP contribution in [0.5, 0.6) is 17.2 Å². The molecule has 1 heterocycles. The number of nitrogens with one attached hydrogen (secondary N) is 1. The van der Waals surface area contributed by atoms with E-state index in [9.17, 15) is 9.18 Å². The largest absolute Gasteiger partial charge is 0.493 e. The van der Waals surface area contributed by atoms with E-state index in [0.717, 1.165) is 0 Å². The fraction of sp³-hybridized carbons (Fsp3) is 0.158. The Kier molecular flexibility index (Phi) is 5.66. The van der Waals surface area contributed by atoms with Gasteiger partial charge in [0.25, 0.3) is 5.91 Å². The Morgan fingerprint density at radius 3 is 2.22 bits per heavy atom. The fourth-order valence-corrected chi connectivity index (χ4v) is 3.29. The van der Waals surface area contributed by atoms with Crippen molar-refractivity contribution in [2.45, 2.75) is 0 Å². The Labute approximate surface area is 160 Å². The minimum Gasteiger partial charge on any atom is -0.493 e. The number of carbonyl (C=O) groups excluding carboxylic acids is 1. The van der Waals surface area contributed by atoms with Crippen LogP contribution in [0.25, 0.3) is 6.08 Å². The molecule has 1 saturated heterocycles. The van der Waals surface area contributed by atoms with Crippen molar-refractivity contribution in [1.29, 1.82) is 0 Å². The van der Waals surface area contributed by atoms with Crippen LogP contribution in [0, 0.1) is 5.82 Å². The molecule has 27 heavy (non-hydrogen) atoms. The summed E-state index contributed by atoms with van der Waals surface area (Å²) in [5.41, 5.74) is 1.26. The highest BCUT2D eigenvalue weighted by Gasteiger charge is 2.24. The van der Waals surface area contributed by atoms with E-state index in [1.807, 2.05) is 0 Å². The van der Waals surface area contributed by atoms with Crippen LogP contribution >= 0.6 is 11.8 Å². The minimum atomic E-state index is -0.343. The molecular weight excluding hydrogens is 371 g/mol. The van der Waals surface area contributed by atoms with Gasteiger partial charge in [0.15, 0.2) is 16.7 Å². The first-order chi connectivity index (χ1) is 13.0. The molecular formula is C19H17FN2O4S. The van der Waals surface area contributed by atoms with Crippen molar-refractivity contribution in [3.63, 3.8) is 0 Å². The van der Waals surface area contributed by atoms with Gasteiger partial charge in [-0.1, -0.05) is 0 Å². The minimum absolute atomic E-state index is 0.269. The van der Waals surface area contributed by atoms with Gasteiger partial charge in [0.2, 0.25) is 5.75 Å². The van der Waals surface area contributed by atoms with E-state index in [2.05, 4.69) is 10.3 Å². The molecule has 1 amide bonds. The summed E-state index contributed by atoms with van der Waals surface area (Å²) in [7, 11) is 4.58. The van der Waals surface area contributed by atoms with Crippen LogP contribution in [-0.4, -0.2) is 32.4 Å². The zero-order valence-electron chi connectivity index (χ0n) is 14.9. The van der Waals surface area contributed by atoms with Crippen LogP contribution in [0.4, 0.5) is 10.1 Å². The maximum atomic E-state index is 13.0. The predicted molar refractivity (Wildman–Crippen MR) is 103 cm³/mol. The lowest BCUT2D eigenvalue weighted by molar-refractivity contribution is -0.115. The van der Waals surface area contributed by atoms with Crippen molar-refractivity contribution >= 4 is 34.6 Å². The molecule has 0 unspecified atom stereocenters. The number of benzene rings is 2. The van der Waals surface area contributed by atoms with Gasteiger partial charge >= 0.3 is 0 Å². The number of rotatable bonds is 5. The molecule has 8 heteroatoms. The molecule has 1 fully saturated rings. The molecule has 0 aliphatic carbocycles. The second-order valence-corrected chi connectivity index (χ2v) is 6.45. The van der Waals surface area contributed by atoms with Gasteiger partial charge in [-0.15, -0.1) is 0 Å². The first kappa shape index (κ1) is 18.8. The van der Waals surface area contributed by atoms with Crippen molar-refractivity contribution in [2.75, 3.05) is 21.3 Å². The Balaban J connectivity index is 1.89. The molecule has 0 saturated carbocycles. The lowest BCUT2D eigenvalue weighted by atomic mass is 10.1. The predicted octanol–water partition coefficient (Wildman–Crippen LogP) is 3.74. The van der Waals surface area contributed by atoms with E-state index >= 15 is 0 Å². The quantitative estimate of drug-likeness (QED) is 0.790. The van der Waals surface area contributed by atoms with E-state index in [1.54, 1.807) is 18.2 Å². The lowest BCUT2D eigenvalue weighted by Gasteiger charge is -2.12. The SMILES string of the molecule is COc1cc(C=C2SC(=Nc3ccc(F)cc3)NC2=O)cc(OC)c1OC. The summed E-state index contributed by atoms with van der Waals surface area (Å²) in [5.74, 6) is 0.850. The van der Waals surface area contributed by atoms with Gasteiger partial charge in [0.05, 0.1) is 31.9 Å². The lowest BCUT2D eigenvalue weighted by Crippen LogP contribution is -2.19. The third-order valence-corrected chi connectivity index (χ3v) is 4.60. The molecule has 0 atom stereocenters.